The summed E-state index contributed by atoms with van der Waals surface area (Å²) in [5.41, 5.74) is 0. The molecule has 118 valence electrons. The summed E-state index contributed by atoms with van der Waals surface area (Å²) >= 11 is 1.21. The second kappa shape index (κ2) is 7.65. The van der Waals surface area contributed by atoms with E-state index in [0.717, 1.165) is 25.6 Å². The van der Waals surface area contributed by atoms with Crippen molar-refractivity contribution in [3.63, 3.8) is 0 Å². The largest absolute Gasteiger partial charge is 0.481 e. The highest BCUT2D eigenvalue weighted by Crippen LogP contribution is 2.21. The van der Waals surface area contributed by atoms with Gasteiger partial charge in [0.25, 0.3) is 0 Å². The van der Waals surface area contributed by atoms with Crippen molar-refractivity contribution in [3.05, 3.63) is 0 Å². The molecule has 0 aliphatic carbocycles. The number of hydrogen-bond acceptors (Lipinski definition) is 6. The van der Waals surface area contributed by atoms with Crippen molar-refractivity contribution < 1.29 is 9.90 Å². The molecule has 0 bridgehead atoms. The fourth-order valence-corrected chi connectivity index (χ4v) is 3.19. The summed E-state index contributed by atoms with van der Waals surface area (Å²) in [6, 6.07) is 0. The maximum absolute atomic E-state index is 10.7. The molecular weight excluding hydrogens is 290 g/mol. The molecule has 1 aromatic heterocycles. The van der Waals surface area contributed by atoms with E-state index >= 15 is 0 Å². The predicted octanol–water partition coefficient (Wildman–Crippen LogP) is 1.01. The standard InChI is InChI=1S/C13H23N5O2S/c1-3-18-12(14-15-13(18)21-10-11(19)20)16(2)8-9-17-6-4-5-7-17/h3-10H2,1-2H3,(H,19,20). The lowest BCUT2D eigenvalue weighted by Crippen LogP contribution is -2.32. The van der Waals surface area contributed by atoms with Crippen LogP contribution in [0.15, 0.2) is 5.16 Å². The van der Waals surface area contributed by atoms with Crippen LogP contribution in [-0.4, -0.2) is 69.7 Å². The first-order valence-electron chi connectivity index (χ1n) is 7.33. The lowest BCUT2D eigenvalue weighted by molar-refractivity contribution is -0.133. The number of nitrogens with zero attached hydrogens (tertiary/aromatic N) is 5. The second-order valence-electron chi connectivity index (χ2n) is 5.18. The fourth-order valence-electron chi connectivity index (χ4n) is 2.47. The number of carboxylic acids is 1. The van der Waals surface area contributed by atoms with E-state index in [1.807, 2.05) is 18.5 Å². The lowest BCUT2D eigenvalue weighted by atomic mass is 10.4. The summed E-state index contributed by atoms with van der Waals surface area (Å²) in [5, 5.41) is 17.8. The Kier molecular flexibility index (Phi) is 5.86. The van der Waals surface area contributed by atoms with Gasteiger partial charge < -0.3 is 14.9 Å². The van der Waals surface area contributed by atoms with Crippen LogP contribution in [0.3, 0.4) is 0 Å². The van der Waals surface area contributed by atoms with Gasteiger partial charge in [-0.05, 0) is 32.9 Å². The van der Waals surface area contributed by atoms with Gasteiger partial charge >= 0.3 is 5.97 Å². The molecule has 2 rings (SSSR count). The molecule has 1 aliphatic rings. The normalized spacial score (nSPS) is 15.5. The maximum Gasteiger partial charge on any atom is 0.313 e. The molecule has 0 amide bonds. The molecule has 0 saturated carbocycles. The Bertz CT molecular complexity index is 473. The minimum absolute atomic E-state index is 0.00955. The number of aliphatic carboxylic acids is 1. The van der Waals surface area contributed by atoms with Gasteiger partial charge in [-0.15, -0.1) is 10.2 Å². The van der Waals surface area contributed by atoms with Crippen molar-refractivity contribution in [1.82, 2.24) is 19.7 Å². The summed E-state index contributed by atoms with van der Waals surface area (Å²) in [6.45, 7) is 7.07. The van der Waals surface area contributed by atoms with Gasteiger partial charge in [-0.3, -0.25) is 9.36 Å². The van der Waals surface area contributed by atoms with Crippen molar-refractivity contribution in [2.45, 2.75) is 31.5 Å². The Morgan fingerprint density at radius 3 is 2.71 bits per heavy atom. The summed E-state index contributed by atoms with van der Waals surface area (Å²) < 4.78 is 1.97. The van der Waals surface area contributed by atoms with Crippen molar-refractivity contribution in [2.75, 3.05) is 43.9 Å². The summed E-state index contributed by atoms with van der Waals surface area (Å²) in [4.78, 5) is 15.2. The SMILES string of the molecule is CCn1c(SCC(=O)O)nnc1N(C)CCN1CCCC1. The Balaban J connectivity index is 1.95. The number of aromatic nitrogens is 3. The fraction of sp³-hybridized carbons (Fsp3) is 0.769. The number of likely N-dealkylation sites (tertiary alicyclic amines) is 1. The van der Waals surface area contributed by atoms with Crippen LogP contribution >= 0.6 is 11.8 Å². The second-order valence-corrected chi connectivity index (χ2v) is 6.12. The number of thioether (sulfide) groups is 1. The number of hydrogen-bond donors (Lipinski definition) is 1. The predicted molar refractivity (Wildman–Crippen MR) is 83.0 cm³/mol. The van der Waals surface area contributed by atoms with E-state index < -0.39 is 5.97 Å². The molecule has 1 aromatic rings. The molecule has 0 spiro atoms. The van der Waals surface area contributed by atoms with Crippen LogP contribution in [0.25, 0.3) is 0 Å². The average molecular weight is 313 g/mol. The Morgan fingerprint density at radius 2 is 2.10 bits per heavy atom. The van der Waals surface area contributed by atoms with Gasteiger partial charge in [-0.25, -0.2) is 0 Å². The third-order valence-electron chi connectivity index (χ3n) is 3.63. The minimum Gasteiger partial charge on any atom is -0.481 e. The van der Waals surface area contributed by atoms with E-state index in [9.17, 15) is 4.79 Å². The van der Waals surface area contributed by atoms with Gasteiger partial charge in [0.2, 0.25) is 5.95 Å². The zero-order valence-corrected chi connectivity index (χ0v) is 13.5. The van der Waals surface area contributed by atoms with E-state index in [1.54, 1.807) is 0 Å². The highest BCUT2D eigenvalue weighted by molar-refractivity contribution is 7.99. The smallest absolute Gasteiger partial charge is 0.313 e. The highest BCUT2D eigenvalue weighted by Gasteiger charge is 2.17. The number of carboxylic acid groups (broad SMARTS) is 1. The average Bonchev–Trinajstić information content (AvgIpc) is 3.11. The van der Waals surface area contributed by atoms with Crippen LogP contribution in [0, 0.1) is 0 Å². The van der Waals surface area contributed by atoms with Crippen LogP contribution in [-0.2, 0) is 11.3 Å². The molecule has 1 N–H and O–H groups in total. The van der Waals surface area contributed by atoms with Crippen LogP contribution in [0.5, 0.6) is 0 Å². The van der Waals surface area contributed by atoms with Crippen molar-refractivity contribution in [2.24, 2.45) is 0 Å². The summed E-state index contributed by atoms with van der Waals surface area (Å²) in [5.74, 6) is -0.0190. The molecule has 0 atom stereocenters. The molecule has 21 heavy (non-hydrogen) atoms. The Labute approximate surface area is 129 Å². The first-order chi connectivity index (χ1) is 10.1. The molecule has 7 nitrogen and oxygen atoms in total. The van der Waals surface area contributed by atoms with Gasteiger partial charge in [0.1, 0.15) is 0 Å². The summed E-state index contributed by atoms with van der Waals surface area (Å²) in [7, 11) is 2.01. The molecule has 1 fully saturated rings. The molecule has 0 aromatic carbocycles. The minimum atomic E-state index is -0.838. The Hall–Kier alpha value is -1.28. The molecule has 1 aliphatic heterocycles. The zero-order chi connectivity index (χ0) is 15.2. The third kappa shape index (κ3) is 4.34. The van der Waals surface area contributed by atoms with Gasteiger partial charge in [0, 0.05) is 26.7 Å². The monoisotopic (exact) mass is 313 g/mol. The van der Waals surface area contributed by atoms with Gasteiger partial charge in [0.15, 0.2) is 5.16 Å². The van der Waals surface area contributed by atoms with E-state index in [1.165, 1.54) is 37.7 Å². The van der Waals surface area contributed by atoms with Gasteiger partial charge in [-0.2, -0.15) is 0 Å². The van der Waals surface area contributed by atoms with E-state index in [-0.39, 0.29) is 5.75 Å². The van der Waals surface area contributed by atoms with E-state index in [2.05, 4.69) is 20.0 Å². The molecule has 0 radical (unpaired) electrons. The Morgan fingerprint density at radius 1 is 1.38 bits per heavy atom. The number of rotatable bonds is 8. The van der Waals surface area contributed by atoms with Crippen LogP contribution in [0.4, 0.5) is 5.95 Å². The molecule has 2 heterocycles. The number of carbonyl (C=O) groups is 1. The van der Waals surface area contributed by atoms with Gasteiger partial charge in [0.05, 0.1) is 5.75 Å². The highest BCUT2D eigenvalue weighted by atomic mass is 32.2. The first kappa shape index (κ1) is 16.1. The van der Waals surface area contributed by atoms with Gasteiger partial charge in [-0.1, -0.05) is 11.8 Å². The van der Waals surface area contributed by atoms with E-state index in [0.29, 0.717) is 5.16 Å². The lowest BCUT2D eigenvalue weighted by Gasteiger charge is -2.22. The number of likely N-dealkylation sites (N-methyl/N-ethyl adjacent to an activating group) is 1. The first-order valence-corrected chi connectivity index (χ1v) is 8.31. The van der Waals surface area contributed by atoms with E-state index in [4.69, 9.17) is 5.11 Å². The van der Waals surface area contributed by atoms with Crippen LogP contribution in [0.1, 0.15) is 19.8 Å². The van der Waals surface area contributed by atoms with Crippen LogP contribution < -0.4 is 4.90 Å². The quantitative estimate of drug-likeness (QED) is 0.718. The maximum atomic E-state index is 10.7. The molecule has 0 unspecified atom stereocenters. The van der Waals surface area contributed by atoms with Crippen molar-refractivity contribution in [1.29, 1.82) is 0 Å². The van der Waals surface area contributed by atoms with Crippen molar-refractivity contribution >= 4 is 23.7 Å². The zero-order valence-electron chi connectivity index (χ0n) is 12.7. The summed E-state index contributed by atoms with van der Waals surface area (Å²) in [6.07, 6.45) is 2.59. The van der Waals surface area contributed by atoms with Crippen LogP contribution in [0.2, 0.25) is 0 Å². The molecule has 8 heteroatoms. The topological polar surface area (TPSA) is 74.5 Å². The van der Waals surface area contributed by atoms with Crippen molar-refractivity contribution in [3.8, 4) is 0 Å². The third-order valence-corrected chi connectivity index (χ3v) is 4.58. The molecular formula is C13H23N5O2S. The molecule has 1 saturated heterocycles. The number of anilines is 1.